The molecule has 4 heterocycles. The predicted octanol–water partition coefficient (Wildman–Crippen LogP) is 3.01. The third kappa shape index (κ3) is 5.79. The molecule has 4 aliphatic rings. The number of hydrogen-bond acceptors (Lipinski definition) is 7. The quantitative estimate of drug-likeness (QED) is 0.341. The second kappa shape index (κ2) is 13.3. The summed E-state index contributed by atoms with van der Waals surface area (Å²) >= 11 is 3.57. The van der Waals surface area contributed by atoms with Gasteiger partial charge in [0, 0.05) is 24.0 Å². The number of carbonyl (C=O) groups excluding carboxylic acids is 4. The van der Waals surface area contributed by atoms with E-state index in [9.17, 15) is 24.3 Å². The highest BCUT2D eigenvalue weighted by atomic mass is 79.9. The second-order valence-electron chi connectivity index (χ2n) is 11.6. The largest absolute Gasteiger partial charge is 0.455 e. The SMILES string of the molecule is CCCCN1C/C=C\CCC(=O)NC[C@H](c2ccccc2)OC(=O)[C@H]2[C@@H]3O[C@@]4(C=C3Br)[C@@H]2C(=O)N([C@@H](CC)CO)[C@@H]4C1=O. The van der Waals surface area contributed by atoms with E-state index in [0.717, 1.165) is 12.8 Å². The Morgan fingerprint density at radius 2 is 1.88 bits per heavy atom. The van der Waals surface area contributed by atoms with Crippen molar-refractivity contribution >= 4 is 39.6 Å². The van der Waals surface area contributed by atoms with Crippen LogP contribution in [0.3, 0.4) is 0 Å². The zero-order valence-corrected chi connectivity index (χ0v) is 26.2. The van der Waals surface area contributed by atoms with E-state index in [2.05, 4.69) is 21.2 Å². The first-order valence-electron chi connectivity index (χ1n) is 15.2. The van der Waals surface area contributed by atoms with Gasteiger partial charge in [0.05, 0.1) is 25.1 Å². The van der Waals surface area contributed by atoms with Gasteiger partial charge in [-0.2, -0.15) is 0 Å². The molecule has 1 spiro atoms. The molecule has 2 saturated heterocycles. The maximum absolute atomic E-state index is 14.5. The molecule has 0 unspecified atom stereocenters. The number of amides is 3. The number of cyclic esters (lactones) is 1. The van der Waals surface area contributed by atoms with Crippen LogP contribution >= 0.6 is 15.9 Å². The smallest absolute Gasteiger partial charge is 0.313 e. The molecule has 0 radical (unpaired) electrons. The highest BCUT2D eigenvalue weighted by Gasteiger charge is 2.75. The Bertz CT molecular complexity index is 1280. The van der Waals surface area contributed by atoms with E-state index in [1.165, 1.54) is 4.90 Å². The van der Waals surface area contributed by atoms with Gasteiger partial charge in [-0.1, -0.05) is 78.7 Å². The maximum atomic E-state index is 14.5. The highest BCUT2D eigenvalue weighted by Crippen LogP contribution is 2.59. The number of aliphatic hydroxyl groups is 1. The first-order valence-corrected chi connectivity index (χ1v) is 16.0. The molecule has 1 aromatic rings. The summed E-state index contributed by atoms with van der Waals surface area (Å²) in [5.41, 5.74) is -0.699. The second-order valence-corrected chi connectivity index (χ2v) is 12.5. The summed E-state index contributed by atoms with van der Waals surface area (Å²) in [5.74, 6) is -3.56. The third-order valence-electron chi connectivity index (χ3n) is 8.98. The van der Waals surface area contributed by atoms with Gasteiger partial charge in [-0.25, -0.2) is 0 Å². The van der Waals surface area contributed by atoms with Gasteiger partial charge in [0.1, 0.15) is 29.8 Å². The number of halogens is 1. The standard InChI is InChI=1S/C32H40BrN3O7/c1-3-5-15-35-16-11-7-10-14-24(38)34-18-23(20-12-8-6-9-13-20)42-31(41)25-26-29(39)36(21(4-2)19-37)28(30(35)40)32(26)17-22(33)27(25)43-32/h6-9,11-13,17,21,23,25-28,37H,3-5,10,14-16,18-19H2,1-2H3,(H,34,38)/b11-7-/t21-,23+,25+,26-,27+,28+,32-/m0/s1. The van der Waals surface area contributed by atoms with Crippen molar-refractivity contribution in [1.29, 1.82) is 0 Å². The fourth-order valence-corrected chi connectivity index (χ4v) is 7.51. The van der Waals surface area contributed by atoms with Gasteiger partial charge in [-0.05, 0) is 30.9 Å². The lowest BCUT2D eigenvalue weighted by Crippen LogP contribution is -2.58. The van der Waals surface area contributed by atoms with Crippen molar-refractivity contribution in [3.05, 3.63) is 58.6 Å². The molecule has 2 fully saturated rings. The number of nitrogens with one attached hydrogen (secondary N) is 1. The fraction of sp³-hybridized carbons (Fsp3) is 0.562. The molecule has 0 aliphatic carbocycles. The Hall–Kier alpha value is -3.02. The average molecular weight is 659 g/mol. The van der Waals surface area contributed by atoms with E-state index >= 15 is 0 Å². The van der Waals surface area contributed by atoms with Crippen molar-refractivity contribution in [2.45, 2.75) is 75.8 Å². The molecule has 5 bridgehead atoms. The number of allylic oxidation sites excluding steroid dienone is 1. The minimum Gasteiger partial charge on any atom is -0.455 e. The molecule has 7 atom stereocenters. The fourth-order valence-electron chi connectivity index (χ4n) is 6.77. The minimum atomic E-state index is -1.40. The van der Waals surface area contributed by atoms with Crippen LogP contribution in [0.15, 0.2) is 53.0 Å². The van der Waals surface area contributed by atoms with Crippen molar-refractivity contribution in [3.63, 3.8) is 0 Å². The van der Waals surface area contributed by atoms with E-state index in [1.54, 1.807) is 11.0 Å². The van der Waals surface area contributed by atoms with Crippen LogP contribution in [0, 0.1) is 11.8 Å². The first-order chi connectivity index (χ1) is 20.8. The van der Waals surface area contributed by atoms with Crippen molar-refractivity contribution in [2.24, 2.45) is 11.8 Å². The minimum absolute atomic E-state index is 0.0672. The van der Waals surface area contributed by atoms with E-state index in [0.29, 0.717) is 36.0 Å². The summed E-state index contributed by atoms with van der Waals surface area (Å²) < 4.78 is 13.2. The number of fused-ring (bicyclic) bond motifs is 2. The number of carbonyl (C=O) groups is 4. The normalized spacial score (nSPS) is 32.7. The van der Waals surface area contributed by atoms with Crippen LogP contribution < -0.4 is 5.32 Å². The van der Waals surface area contributed by atoms with Crippen molar-refractivity contribution in [2.75, 3.05) is 26.2 Å². The Balaban J connectivity index is 1.60. The number of ether oxygens (including phenoxy) is 2. The molecule has 232 valence electrons. The van der Waals surface area contributed by atoms with Gasteiger partial charge in [-0.15, -0.1) is 0 Å². The average Bonchev–Trinajstić information content (AvgIpc) is 3.60. The van der Waals surface area contributed by atoms with Crippen LogP contribution in [0.5, 0.6) is 0 Å². The topological polar surface area (TPSA) is 125 Å². The molecule has 5 rings (SSSR count). The Kier molecular flexibility index (Phi) is 9.73. The van der Waals surface area contributed by atoms with Crippen molar-refractivity contribution in [3.8, 4) is 0 Å². The molecule has 43 heavy (non-hydrogen) atoms. The van der Waals surface area contributed by atoms with Crippen molar-refractivity contribution in [1.82, 2.24) is 15.1 Å². The van der Waals surface area contributed by atoms with Crippen LogP contribution in [-0.4, -0.2) is 88.6 Å². The number of benzene rings is 1. The summed E-state index contributed by atoms with van der Waals surface area (Å²) in [7, 11) is 0. The molecular weight excluding hydrogens is 618 g/mol. The van der Waals surface area contributed by atoms with Gasteiger partial charge in [0.2, 0.25) is 17.7 Å². The summed E-state index contributed by atoms with van der Waals surface area (Å²) in [6, 6.07) is 7.44. The highest BCUT2D eigenvalue weighted by molar-refractivity contribution is 9.11. The molecule has 1 aromatic carbocycles. The molecule has 0 aromatic heterocycles. The Morgan fingerprint density at radius 1 is 1.12 bits per heavy atom. The zero-order chi connectivity index (χ0) is 30.7. The maximum Gasteiger partial charge on any atom is 0.313 e. The Morgan fingerprint density at radius 3 is 2.58 bits per heavy atom. The van der Waals surface area contributed by atoms with Crippen LogP contribution in [0.4, 0.5) is 0 Å². The van der Waals surface area contributed by atoms with Gasteiger partial charge >= 0.3 is 5.97 Å². The van der Waals surface area contributed by atoms with E-state index in [1.807, 2.05) is 56.3 Å². The lowest BCUT2D eigenvalue weighted by atomic mass is 9.74. The van der Waals surface area contributed by atoms with E-state index in [-0.39, 0.29) is 31.4 Å². The summed E-state index contributed by atoms with van der Waals surface area (Å²) in [6.45, 7) is 4.39. The summed E-state index contributed by atoms with van der Waals surface area (Å²) in [5, 5.41) is 13.2. The zero-order valence-electron chi connectivity index (χ0n) is 24.6. The first kappa shape index (κ1) is 31.4. The lowest BCUT2D eigenvalue weighted by molar-refractivity contribution is -0.160. The molecule has 10 nitrogen and oxygen atoms in total. The van der Waals surface area contributed by atoms with Crippen molar-refractivity contribution < 1.29 is 33.8 Å². The van der Waals surface area contributed by atoms with Crippen LogP contribution in [0.25, 0.3) is 0 Å². The van der Waals surface area contributed by atoms with Gasteiger partial charge < -0.3 is 29.7 Å². The number of unbranched alkanes of at least 4 members (excludes halogenated alkanes) is 1. The van der Waals surface area contributed by atoms with Gasteiger partial charge in [0.25, 0.3) is 0 Å². The molecule has 0 saturated carbocycles. The van der Waals surface area contributed by atoms with Gasteiger partial charge in [-0.3, -0.25) is 19.2 Å². The van der Waals surface area contributed by atoms with Crippen LogP contribution in [0.1, 0.15) is 57.6 Å². The van der Waals surface area contributed by atoms with E-state index < -0.39 is 53.6 Å². The number of aliphatic hydroxyl groups excluding tert-OH is 1. The van der Waals surface area contributed by atoms with E-state index in [4.69, 9.17) is 9.47 Å². The van der Waals surface area contributed by atoms with Crippen LogP contribution in [-0.2, 0) is 28.7 Å². The number of esters is 1. The number of hydrogen-bond donors (Lipinski definition) is 2. The molecule has 4 aliphatic heterocycles. The number of likely N-dealkylation sites (tertiary alicyclic amines) is 1. The summed E-state index contributed by atoms with van der Waals surface area (Å²) in [4.78, 5) is 58.8. The Labute approximate surface area is 260 Å². The van der Waals surface area contributed by atoms with Crippen LogP contribution in [0.2, 0.25) is 0 Å². The number of nitrogens with zero attached hydrogens (tertiary/aromatic N) is 2. The van der Waals surface area contributed by atoms with Gasteiger partial charge in [0.15, 0.2) is 0 Å². The number of rotatable bonds is 7. The molecule has 3 amide bonds. The monoisotopic (exact) mass is 657 g/mol. The molecule has 2 N–H and O–H groups in total. The predicted molar refractivity (Wildman–Crippen MR) is 162 cm³/mol. The third-order valence-corrected chi connectivity index (χ3v) is 9.66. The molecule has 11 heteroatoms. The molecular formula is C32H40BrN3O7. The lowest BCUT2D eigenvalue weighted by Gasteiger charge is -2.38. The summed E-state index contributed by atoms with van der Waals surface area (Å²) in [6.07, 6.45) is 6.69.